The highest BCUT2D eigenvalue weighted by molar-refractivity contribution is 5.95. The summed E-state index contributed by atoms with van der Waals surface area (Å²) in [6.45, 7) is 8.14. The van der Waals surface area contributed by atoms with Crippen molar-refractivity contribution in [3.8, 4) is 0 Å². The summed E-state index contributed by atoms with van der Waals surface area (Å²) >= 11 is 0. The minimum atomic E-state index is -1.13. The Morgan fingerprint density at radius 1 is 1.33 bits per heavy atom. The molecule has 0 radical (unpaired) electrons. The molecule has 1 fully saturated rings. The van der Waals surface area contributed by atoms with Crippen molar-refractivity contribution in [1.29, 1.82) is 0 Å². The largest absolute Gasteiger partial charge is 0.478 e. The monoisotopic (exact) mass is 294 g/mol. The molecule has 0 atom stereocenters. The van der Waals surface area contributed by atoms with E-state index in [1.165, 1.54) is 6.07 Å². The van der Waals surface area contributed by atoms with Crippen molar-refractivity contribution in [3.63, 3.8) is 0 Å². The summed E-state index contributed by atoms with van der Waals surface area (Å²) in [6, 6.07) is 2.46. The van der Waals surface area contributed by atoms with E-state index >= 15 is 0 Å². The van der Waals surface area contributed by atoms with Crippen molar-refractivity contribution in [2.45, 2.75) is 33.6 Å². The first-order chi connectivity index (χ1) is 9.70. The Hall–Kier alpha value is -1.78. The lowest BCUT2D eigenvalue weighted by Crippen LogP contribution is -2.38. The summed E-state index contributed by atoms with van der Waals surface area (Å²) in [5, 5.41) is 9.11. The highest BCUT2D eigenvalue weighted by Crippen LogP contribution is 2.36. The Balaban J connectivity index is 2.21. The van der Waals surface area contributed by atoms with Gasteiger partial charge in [0.1, 0.15) is 5.82 Å². The van der Waals surface area contributed by atoms with Gasteiger partial charge in [-0.05, 0) is 36.3 Å². The highest BCUT2D eigenvalue weighted by atomic mass is 19.1. The number of nitrogen functional groups attached to an aromatic ring is 1. The van der Waals surface area contributed by atoms with Crippen molar-refractivity contribution in [3.05, 3.63) is 23.5 Å². The summed E-state index contributed by atoms with van der Waals surface area (Å²) < 4.78 is 14.1. The highest BCUT2D eigenvalue weighted by Gasteiger charge is 2.30. The lowest BCUT2D eigenvalue weighted by molar-refractivity contribution is 0.0698. The molecule has 1 saturated heterocycles. The number of nitrogens with two attached hydrogens (primary N) is 1. The standard InChI is InChI=1S/C16H23FN2O2/c1-16(2,3)10-4-6-19(7-5-10)14-8-11(15(20)21)13(18)9-12(14)17/h8-10H,4-7,18H2,1-3H3,(H,20,21). The van der Waals surface area contributed by atoms with E-state index in [2.05, 4.69) is 20.8 Å². The molecule has 0 saturated carbocycles. The molecule has 4 nitrogen and oxygen atoms in total. The van der Waals surface area contributed by atoms with Crippen LogP contribution in [0.4, 0.5) is 15.8 Å². The van der Waals surface area contributed by atoms with E-state index in [0.29, 0.717) is 11.6 Å². The molecule has 0 aromatic heterocycles. The number of rotatable bonds is 2. The molecule has 1 aliphatic heterocycles. The molecule has 1 aliphatic rings. The van der Waals surface area contributed by atoms with E-state index in [0.717, 1.165) is 32.0 Å². The van der Waals surface area contributed by atoms with Gasteiger partial charge in [0.2, 0.25) is 0 Å². The van der Waals surface area contributed by atoms with Gasteiger partial charge in [-0.15, -0.1) is 0 Å². The van der Waals surface area contributed by atoms with Crippen LogP contribution in [0.25, 0.3) is 0 Å². The summed E-state index contributed by atoms with van der Waals surface area (Å²) in [5.74, 6) is -0.977. The zero-order valence-corrected chi connectivity index (χ0v) is 12.8. The zero-order valence-electron chi connectivity index (χ0n) is 12.8. The van der Waals surface area contributed by atoms with Gasteiger partial charge < -0.3 is 15.7 Å². The fraction of sp³-hybridized carbons (Fsp3) is 0.562. The Morgan fingerprint density at radius 3 is 2.38 bits per heavy atom. The number of carboxylic acids is 1. The van der Waals surface area contributed by atoms with Crippen LogP contribution in [0.3, 0.4) is 0 Å². The Kier molecular flexibility index (Phi) is 4.12. The number of anilines is 2. The van der Waals surface area contributed by atoms with Gasteiger partial charge in [-0.3, -0.25) is 0 Å². The lowest BCUT2D eigenvalue weighted by atomic mass is 9.75. The number of aromatic carboxylic acids is 1. The van der Waals surface area contributed by atoms with Crippen LogP contribution in [0.5, 0.6) is 0 Å². The third kappa shape index (κ3) is 3.28. The number of benzene rings is 1. The SMILES string of the molecule is CC(C)(C)C1CCN(c2cc(C(=O)O)c(N)cc2F)CC1. The summed E-state index contributed by atoms with van der Waals surface area (Å²) in [5.41, 5.74) is 6.08. The molecule has 21 heavy (non-hydrogen) atoms. The summed E-state index contributed by atoms with van der Waals surface area (Å²) in [4.78, 5) is 13.1. The molecule has 0 unspecified atom stereocenters. The van der Waals surface area contributed by atoms with Crippen LogP contribution in [0.1, 0.15) is 44.0 Å². The van der Waals surface area contributed by atoms with Crippen molar-refractivity contribution >= 4 is 17.3 Å². The molecule has 0 spiro atoms. The molecule has 1 aromatic carbocycles. The Bertz CT molecular complexity index is 544. The first-order valence-corrected chi connectivity index (χ1v) is 7.27. The molecular weight excluding hydrogens is 271 g/mol. The van der Waals surface area contributed by atoms with Gasteiger partial charge in [0.05, 0.1) is 11.3 Å². The molecule has 1 heterocycles. The van der Waals surface area contributed by atoms with E-state index in [9.17, 15) is 9.18 Å². The van der Waals surface area contributed by atoms with E-state index in [1.54, 1.807) is 0 Å². The summed E-state index contributed by atoms with van der Waals surface area (Å²) in [7, 11) is 0. The van der Waals surface area contributed by atoms with Gasteiger partial charge in [0, 0.05) is 18.8 Å². The smallest absolute Gasteiger partial charge is 0.337 e. The summed E-state index contributed by atoms with van der Waals surface area (Å²) in [6.07, 6.45) is 1.96. The minimum absolute atomic E-state index is 0.0340. The third-order valence-electron chi connectivity index (χ3n) is 4.41. The average Bonchev–Trinajstić information content (AvgIpc) is 2.37. The molecule has 0 amide bonds. The average molecular weight is 294 g/mol. The first-order valence-electron chi connectivity index (χ1n) is 7.27. The third-order valence-corrected chi connectivity index (χ3v) is 4.41. The number of piperidine rings is 1. The predicted molar refractivity (Wildman–Crippen MR) is 82.2 cm³/mol. The maximum absolute atomic E-state index is 14.1. The molecular formula is C16H23FN2O2. The Morgan fingerprint density at radius 2 is 1.90 bits per heavy atom. The fourth-order valence-corrected chi connectivity index (χ4v) is 2.99. The Labute approximate surface area is 124 Å². The molecule has 116 valence electrons. The second-order valence-corrected chi connectivity index (χ2v) is 6.82. The van der Waals surface area contributed by atoms with Gasteiger partial charge in [-0.25, -0.2) is 9.18 Å². The van der Waals surface area contributed by atoms with Crippen molar-refractivity contribution in [2.24, 2.45) is 11.3 Å². The van der Waals surface area contributed by atoms with Crippen LogP contribution < -0.4 is 10.6 Å². The number of carboxylic acid groups (broad SMARTS) is 1. The van der Waals surface area contributed by atoms with Gasteiger partial charge in [0.15, 0.2) is 0 Å². The van der Waals surface area contributed by atoms with Crippen LogP contribution in [0, 0.1) is 17.2 Å². The van der Waals surface area contributed by atoms with Crippen LogP contribution in [0.2, 0.25) is 0 Å². The second-order valence-electron chi connectivity index (χ2n) is 6.82. The van der Waals surface area contributed by atoms with E-state index in [-0.39, 0.29) is 16.7 Å². The number of nitrogens with zero attached hydrogens (tertiary/aromatic N) is 1. The van der Waals surface area contributed by atoms with Crippen molar-refractivity contribution in [1.82, 2.24) is 0 Å². The second kappa shape index (κ2) is 5.54. The molecule has 0 bridgehead atoms. The van der Waals surface area contributed by atoms with E-state index in [4.69, 9.17) is 10.8 Å². The van der Waals surface area contributed by atoms with Gasteiger partial charge in [0.25, 0.3) is 0 Å². The van der Waals surface area contributed by atoms with Crippen LogP contribution in [-0.2, 0) is 0 Å². The fourth-order valence-electron chi connectivity index (χ4n) is 2.99. The van der Waals surface area contributed by atoms with Crippen molar-refractivity contribution in [2.75, 3.05) is 23.7 Å². The van der Waals surface area contributed by atoms with Crippen LogP contribution in [0.15, 0.2) is 12.1 Å². The van der Waals surface area contributed by atoms with Crippen molar-refractivity contribution < 1.29 is 14.3 Å². The van der Waals surface area contributed by atoms with Gasteiger partial charge >= 0.3 is 5.97 Å². The zero-order chi connectivity index (χ0) is 15.8. The lowest BCUT2D eigenvalue weighted by Gasteiger charge is -2.39. The van der Waals surface area contributed by atoms with Gasteiger partial charge in [-0.2, -0.15) is 0 Å². The van der Waals surface area contributed by atoms with E-state index < -0.39 is 11.8 Å². The molecule has 2 rings (SSSR count). The maximum atomic E-state index is 14.1. The minimum Gasteiger partial charge on any atom is -0.478 e. The molecule has 5 heteroatoms. The van der Waals surface area contributed by atoms with Crippen LogP contribution in [-0.4, -0.2) is 24.2 Å². The number of hydrogen-bond donors (Lipinski definition) is 2. The maximum Gasteiger partial charge on any atom is 0.337 e. The normalized spacial score (nSPS) is 17.0. The molecule has 1 aromatic rings. The van der Waals surface area contributed by atoms with E-state index in [1.807, 2.05) is 4.90 Å². The number of hydrogen-bond acceptors (Lipinski definition) is 3. The predicted octanol–water partition coefficient (Wildman–Crippen LogP) is 3.37. The number of halogens is 1. The quantitative estimate of drug-likeness (QED) is 0.821. The van der Waals surface area contributed by atoms with Gasteiger partial charge in [-0.1, -0.05) is 20.8 Å². The first kappa shape index (κ1) is 15.6. The number of carbonyl (C=O) groups is 1. The molecule has 3 N–H and O–H groups in total. The van der Waals surface area contributed by atoms with Crippen LogP contribution >= 0.6 is 0 Å². The topological polar surface area (TPSA) is 66.6 Å². The molecule has 0 aliphatic carbocycles.